The summed E-state index contributed by atoms with van der Waals surface area (Å²) in [6.07, 6.45) is 61.8. The molecule has 0 aromatic rings. The zero-order chi connectivity index (χ0) is 50.8. The van der Waals surface area contributed by atoms with Crippen LogP contribution in [0, 0.1) is 0 Å². The van der Waals surface area contributed by atoms with Crippen LogP contribution >= 0.6 is 7.82 Å². The Balaban J connectivity index is 5.41. The van der Waals surface area contributed by atoms with E-state index < -0.39 is 20.0 Å². The van der Waals surface area contributed by atoms with Crippen LogP contribution in [0.5, 0.6) is 0 Å². The molecule has 0 fully saturated rings. The first kappa shape index (κ1) is 66.5. The number of hydrogen-bond acceptors (Lipinski definition) is 6. The lowest BCUT2D eigenvalue weighted by Gasteiger charge is -2.27. The molecule has 10 heteroatoms. The number of phosphoric ester groups is 1. The highest BCUT2D eigenvalue weighted by molar-refractivity contribution is 7.47. The quantitative estimate of drug-likeness (QED) is 0.0205. The minimum atomic E-state index is -4.45. The van der Waals surface area contributed by atoms with E-state index in [1.165, 1.54) is 109 Å². The molecule has 1 amide bonds. The molecule has 0 saturated carbocycles. The van der Waals surface area contributed by atoms with Gasteiger partial charge in [0.15, 0.2) is 0 Å². The Kier molecular flexibility index (Phi) is 47.2. The van der Waals surface area contributed by atoms with Crippen molar-refractivity contribution >= 4 is 19.7 Å². The number of quaternary nitrogens is 1. The molecule has 0 aliphatic heterocycles. The Bertz CT molecular complexity index is 1420. The van der Waals surface area contributed by atoms with Crippen molar-refractivity contribution in [1.29, 1.82) is 0 Å². The Morgan fingerprint density at radius 1 is 0.522 bits per heavy atom. The maximum atomic E-state index is 13.4. The molecule has 0 saturated heterocycles. The summed E-state index contributed by atoms with van der Waals surface area (Å²) in [4.78, 5) is 37.5. The van der Waals surface area contributed by atoms with Gasteiger partial charge in [-0.3, -0.25) is 18.6 Å². The summed E-state index contributed by atoms with van der Waals surface area (Å²) in [5, 5.41) is 3.03. The number of amides is 1. The highest BCUT2D eigenvalue weighted by atomic mass is 31.2. The third-order valence-electron chi connectivity index (χ3n) is 12.2. The number of rotatable bonds is 50. The highest BCUT2D eigenvalue weighted by Gasteiger charge is 2.30. The maximum absolute atomic E-state index is 13.4. The van der Waals surface area contributed by atoms with E-state index in [-0.39, 0.29) is 31.5 Å². The van der Waals surface area contributed by atoms with E-state index in [1.54, 1.807) is 0 Å². The van der Waals surface area contributed by atoms with Gasteiger partial charge in [-0.1, -0.05) is 222 Å². The molecule has 3 atom stereocenters. The lowest BCUT2D eigenvalue weighted by atomic mass is 10.0. The molecule has 0 aliphatic carbocycles. The number of phosphoric acid groups is 1. The van der Waals surface area contributed by atoms with Crippen molar-refractivity contribution in [2.45, 2.75) is 251 Å². The van der Waals surface area contributed by atoms with Crippen molar-refractivity contribution in [2.24, 2.45) is 0 Å². The molecule has 2 N–H and O–H groups in total. The lowest BCUT2D eigenvalue weighted by Crippen LogP contribution is -2.47. The monoisotopic (exact) mass is 988 g/mol. The van der Waals surface area contributed by atoms with E-state index in [0.717, 1.165) is 89.9 Å². The van der Waals surface area contributed by atoms with Gasteiger partial charge in [0.1, 0.15) is 19.3 Å². The summed E-state index contributed by atoms with van der Waals surface area (Å²) in [7, 11) is 1.47. The van der Waals surface area contributed by atoms with Gasteiger partial charge in [-0.05, 0) is 76.7 Å². The highest BCUT2D eigenvalue weighted by Crippen LogP contribution is 2.43. The van der Waals surface area contributed by atoms with Gasteiger partial charge in [0.05, 0.1) is 33.8 Å². The Morgan fingerprint density at radius 2 is 0.928 bits per heavy atom. The Labute approximate surface area is 425 Å². The number of hydrogen-bond donors (Lipinski definition) is 2. The maximum Gasteiger partial charge on any atom is 0.472 e. The summed E-state index contributed by atoms with van der Waals surface area (Å²) >= 11 is 0. The van der Waals surface area contributed by atoms with Gasteiger partial charge in [-0.2, -0.15) is 0 Å². The predicted molar refractivity (Wildman–Crippen MR) is 295 cm³/mol. The number of likely N-dealkylation sites (N-methyl/N-ethyl adjacent to an activating group) is 1. The molecule has 0 radical (unpaired) electrons. The number of unbranched alkanes of at least 4 members (excludes halogenated alkanes) is 24. The zero-order valence-electron chi connectivity index (χ0n) is 45.5. The fourth-order valence-corrected chi connectivity index (χ4v) is 8.52. The first-order valence-corrected chi connectivity index (χ1v) is 29.8. The molecule has 0 heterocycles. The van der Waals surface area contributed by atoms with E-state index in [4.69, 9.17) is 13.8 Å². The van der Waals surface area contributed by atoms with Crippen molar-refractivity contribution < 1.29 is 37.3 Å². The molecule has 0 aromatic heterocycles. The van der Waals surface area contributed by atoms with E-state index in [2.05, 4.69) is 86.8 Å². The van der Waals surface area contributed by atoms with Crippen LogP contribution in [0.15, 0.2) is 72.9 Å². The molecule has 0 bridgehead atoms. The second-order valence-corrected chi connectivity index (χ2v) is 21.5. The molecule has 0 spiro atoms. The Hall–Kier alpha value is -2.55. The molecule has 9 nitrogen and oxygen atoms in total. The summed E-state index contributed by atoms with van der Waals surface area (Å²) in [5.41, 5.74) is 0. The number of carbonyl (C=O) groups is 2. The normalized spacial score (nSPS) is 14.4. The second kappa shape index (κ2) is 49.0. The SMILES string of the molecule is CC/C=C\C/C=C\C/C=C\C/C=C\C/C=C\CCCCCC(=O)OC(/C=C\CCCCCCCCCCCCC)C(COP(=O)(O)OCC[N+](C)(C)C)NC(=O)CCCCCCCCCCCCC. The number of allylic oxidation sites excluding steroid dienone is 11. The van der Waals surface area contributed by atoms with Crippen LogP contribution in [-0.2, 0) is 27.9 Å². The Morgan fingerprint density at radius 3 is 1.41 bits per heavy atom. The number of esters is 1. The van der Waals surface area contributed by atoms with Gasteiger partial charge in [0, 0.05) is 12.8 Å². The summed E-state index contributed by atoms with van der Waals surface area (Å²) in [6.45, 7) is 6.86. The van der Waals surface area contributed by atoms with Gasteiger partial charge in [0.25, 0.3) is 0 Å². The zero-order valence-corrected chi connectivity index (χ0v) is 46.4. The smallest absolute Gasteiger partial charge is 0.456 e. The molecular formula is C59H108N2O7P+. The summed E-state index contributed by atoms with van der Waals surface area (Å²) in [6, 6.07) is -0.861. The standard InChI is InChI=1S/C59H107N2O7P/c1-7-10-13-16-19-22-25-27-28-29-30-31-32-34-37-40-43-46-49-52-59(63)68-57(50-47-44-41-38-36-33-26-23-20-17-14-11-8-2)56(55-67-69(64,65)66-54-53-61(4,5)6)60-58(62)51-48-45-42-39-35-24-21-18-15-12-9-3/h10,13,19,22,27-28,30-31,34,37,47,50,56-57H,7-9,11-12,14-18,20-21,23-26,29,32-33,35-36,38-46,48-49,51-55H2,1-6H3,(H-,60,62,64,65)/p+1/b13-10-,22-19-,28-27-,31-30-,37-34-,50-47-. The topological polar surface area (TPSA) is 111 Å². The third kappa shape index (κ3) is 50.2. The fourth-order valence-electron chi connectivity index (χ4n) is 7.79. The minimum Gasteiger partial charge on any atom is -0.456 e. The molecule has 0 aromatic carbocycles. The largest absolute Gasteiger partial charge is 0.472 e. The molecule has 400 valence electrons. The van der Waals surface area contributed by atoms with Gasteiger partial charge in [-0.25, -0.2) is 4.57 Å². The first-order chi connectivity index (χ1) is 33.4. The molecule has 0 aliphatic rings. The average molecular weight is 988 g/mol. The summed E-state index contributed by atoms with van der Waals surface area (Å²) in [5.74, 6) is -0.543. The van der Waals surface area contributed by atoms with Crippen LogP contribution in [0.2, 0.25) is 0 Å². The first-order valence-electron chi connectivity index (χ1n) is 28.3. The van der Waals surface area contributed by atoms with Crippen LogP contribution in [0.25, 0.3) is 0 Å². The van der Waals surface area contributed by atoms with Crippen molar-refractivity contribution in [2.75, 3.05) is 40.9 Å². The van der Waals surface area contributed by atoms with E-state index in [9.17, 15) is 19.0 Å². The summed E-state index contributed by atoms with van der Waals surface area (Å²) < 4.78 is 30.6. The third-order valence-corrected chi connectivity index (χ3v) is 13.1. The molecule has 0 rings (SSSR count). The van der Waals surface area contributed by atoms with Crippen molar-refractivity contribution in [3.8, 4) is 0 Å². The van der Waals surface area contributed by atoms with E-state index >= 15 is 0 Å². The van der Waals surface area contributed by atoms with Crippen molar-refractivity contribution in [1.82, 2.24) is 5.32 Å². The van der Waals surface area contributed by atoms with E-state index in [1.807, 2.05) is 33.3 Å². The van der Waals surface area contributed by atoms with Crippen LogP contribution in [0.4, 0.5) is 0 Å². The molecular weight excluding hydrogens is 880 g/mol. The van der Waals surface area contributed by atoms with Gasteiger partial charge >= 0.3 is 13.8 Å². The number of nitrogens with one attached hydrogen (secondary N) is 1. The number of carbonyl (C=O) groups excluding carboxylic acids is 2. The minimum absolute atomic E-state index is 0.0333. The lowest BCUT2D eigenvalue weighted by molar-refractivity contribution is -0.870. The van der Waals surface area contributed by atoms with E-state index in [0.29, 0.717) is 23.9 Å². The average Bonchev–Trinajstić information content (AvgIpc) is 3.31. The van der Waals surface area contributed by atoms with Crippen molar-refractivity contribution in [3.63, 3.8) is 0 Å². The van der Waals surface area contributed by atoms with Gasteiger partial charge < -0.3 is 19.4 Å². The number of nitrogens with zero attached hydrogens (tertiary/aromatic N) is 1. The number of ether oxygens (including phenoxy) is 1. The second-order valence-electron chi connectivity index (χ2n) is 20.1. The van der Waals surface area contributed by atoms with Crippen LogP contribution < -0.4 is 5.32 Å². The van der Waals surface area contributed by atoms with Gasteiger partial charge in [0.2, 0.25) is 5.91 Å². The molecule has 69 heavy (non-hydrogen) atoms. The van der Waals surface area contributed by atoms with Gasteiger partial charge in [-0.15, -0.1) is 0 Å². The predicted octanol–water partition coefficient (Wildman–Crippen LogP) is 16.9. The van der Waals surface area contributed by atoms with Crippen LogP contribution in [-0.4, -0.2) is 74.3 Å². The fraction of sp³-hybridized carbons (Fsp3) is 0.763. The van der Waals surface area contributed by atoms with Crippen molar-refractivity contribution in [3.05, 3.63) is 72.9 Å². The van der Waals surface area contributed by atoms with Crippen LogP contribution in [0.1, 0.15) is 239 Å². The molecule has 3 unspecified atom stereocenters. The van der Waals surface area contributed by atoms with Crippen LogP contribution in [0.3, 0.4) is 0 Å².